The van der Waals surface area contributed by atoms with Gasteiger partial charge >= 0.3 is 5.97 Å². The Morgan fingerprint density at radius 2 is 1.82 bits per heavy atom. The van der Waals surface area contributed by atoms with Crippen molar-refractivity contribution in [3.05, 3.63) is 82.9 Å². The molecule has 1 heterocycles. The van der Waals surface area contributed by atoms with E-state index in [1.54, 1.807) is 42.5 Å². The lowest BCUT2D eigenvalue weighted by atomic mass is 9.92. The Labute approximate surface area is 197 Å². The fraction of sp³-hybridized carbons (Fsp3) is 0.360. The molecule has 1 aliphatic rings. The molecule has 3 rings (SSSR count). The first kappa shape index (κ1) is 25.4. The van der Waals surface area contributed by atoms with Gasteiger partial charge in [0.05, 0.1) is 39.1 Å². The average Bonchev–Trinajstić information content (AvgIpc) is 2.87. The number of halogens is 1. The van der Waals surface area contributed by atoms with E-state index >= 15 is 0 Å². The van der Waals surface area contributed by atoms with E-state index in [1.165, 1.54) is 19.2 Å². The molecule has 0 radical (unpaired) electrons. The normalized spacial score (nSPS) is 17.4. The number of hydrogen-bond donors (Lipinski definition) is 2. The van der Waals surface area contributed by atoms with Crippen LogP contribution in [-0.4, -0.2) is 56.8 Å². The number of allylic oxidation sites excluding steroid dienone is 1. The zero-order valence-corrected chi connectivity index (χ0v) is 18.9. The predicted octanol–water partition coefficient (Wildman–Crippen LogP) is 2.67. The maximum Gasteiger partial charge on any atom is 0.337 e. The number of carbonyl (C=O) groups is 2. The molecule has 0 saturated carbocycles. The summed E-state index contributed by atoms with van der Waals surface area (Å²) in [6, 6.07) is 12.8. The van der Waals surface area contributed by atoms with E-state index in [9.17, 15) is 14.0 Å². The average molecular weight is 473 g/mol. The van der Waals surface area contributed by atoms with Gasteiger partial charge in [-0.15, -0.1) is 0 Å². The summed E-state index contributed by atoms with van der Waals surface area (Å²) in [6.07, 6.45) is 1.47. The minimum atomic E-state index is -0.695. The second kappa shape index (κ2) is 12.8. The van der Waals surface area contributed by atoms with E-state index in [0.29, 0.717) is 12.0 Å². The fourth-order valence-corrected chi connectivity index (χ4v) is 3.41. The highest BCUT2D eigenvalue weighted by atomic mass is 19.1. The van der Waals surface area contributed by atoms with Crippen LogP contribution >= 0.6 is 0 Å². The van der Waals surface area contributed by atoms with Crippen LogP contribution in [0.15, 0.2) is 60.4 Å². The topological polar surface area (TPSA) is 103 Å². The molecule has 1 aliphatic heterocycles. The summed E-state index contributed by atoms with van der Waals surface area (Å²) >= 11 is 0. The fourth-order valence-electron chi connectivity index (χ4n) is 3.41. The molecule has 1 amide bonds. The Morgan fingerprint density at radius 1 is 1.09 bits per heavy atom. The Morgan fingerprint density at radius 3 is 2.50 bits per heavy atom. The van der Waals surface area contributed by atoms with Gasteiger partial charge in [-0.3, -0.25) is 4.79 Å². The zero-order chi connectivity index (χ0) is 24.3. The molecule has 2 aromatic carbocycles. The number of amides is 1. The highest BCUT2D eigenvalue weighted by Crippen LogP contribution is 2.31. The summed E-state index contributed by atoms with van der Waals surface area (Å²) in [5.74, 6) is -1.30. The third-order valence-corrected chi connectivity index (χ3v) is 5.17. The third kappa shape index (κ3) is 7.38. The van der Waals surface area contributed by atoms with Crippen molar-refractivity contribution in [3.8, 4) is 0 Å². The number of esters is 1. The molecule has 0 saturated heterocycles. The lowest BCUT2D eigenvalue weighted by Crippen LogP contribution is -2.33. The third-order valence-electron chi connectivity index (χ3n) is 5.17. The lowest BCUT2D eigenvalue weighted by molar-refractivity contribution is -0.151. The summed E-state index contributed by atoms with van der Waals surface area (Å²) < 4.78 is 34.6. The minimum Gasteiger partial charge on any atom is -0.465 e. The molecule has 0 aliphatic carbocycles. The van der Waals surface area contributed by atoms with Gasteiger partial charge in [-0.25, -0.2) is 9.18 Å². The molecule has 182 valence electrons. The van der Waals surface area contributed by atoms with Gasteiger partial charge in [-0.2, -0.15) is 0 Å². The molecule has 0 spiro atoms. The van der Waals surface area contributed by atoms with Gasteiger partial charge in [-0.05, 0) is 41.5 Å². The van der Waals surface area contributed by atoms with Crippen molar-refractivity contribution >= 4 is 11.9 Å². The van der Waals surface area contributed by atoms with E-state index < -0.39 is 18.2 Å². The quantitative estimate of drug-likeness (QED) is 0.382. The van der Waals surface area contributed by atoms with Crippen LogP contribution in [0.5, 0.6) is 0 Å². The summed E-state index contributed by atoms with van der Waals surface area (Å²) in [5.41, 5.74) is 2.05. The highest BCUT2D eigenvalue weighted by Gasteiger charge is 2.29. The second-order valence-electron chi connectivity index (χ2n) is 7.55. The van der Waals surface area contributed by atoms with Crippen molar-refractivity contribution in [1.29, 1.82) is 0 Å². The largest absolute Gasteiger partial charge is 0.465 e. The molecule has 0 unspecified atom stereocenters. The number of carbonyl (C=O) groups excluding carboxylic acids is 2. The van der Waals surface area contributed by atoms with Gasteiger partial charge in [0, 0.05) is 18.9 Å². The van der Waals surface area contributed by atoms with E-state index in [2.05, 4.69) is 5.32 Å². The minimum absolute atomic E-state index is 0.0787. The van der Waals surface area contributed by atoms with Crippen LogP contribution in [0.4, 0.5) is 4.39 Å². The van der Waals surface area contributed by atoms with Gasteiger partial charge in [0.1, 0.15) is 5.82 Å². The van der Waals surface area contributed by atoms with Gasteiger partial charge in [0.15, 0.2) is 5.76 Å². The molecule has 34 heavy (non-hydrogen) atoms. The van der Waals surface area contributed by atoms with Crippen molar-refractivity contribution < 1.29 is 38.0 Å². The number of aliphatic hydroxyl groups excluding tert-OH is 1. The molecule has 2 atom stereocenters. The molecular formula is C25H28FNO7. The van der Waals surface area contributed by atoms with E-state index in [1.807, 2.05) is 0 Å². The van der Waals surface area contributed by atoms with Gasteiger partial charge in [0.25, 0.3) is 5.91 Å². The van der Waals surface area contributed by atoms with E-state index in [-0.39, 0.29) is 50.5 Å². The number of nitrogens with one attached hydrogen (secondary N) is 1. The molecule has 2 N–H and O–H groups in total. The Kier molecular flexibility index (Phi) is 9.57. The van der Waals surface area contributed by atoms with Crippen molar-refractivity contribution in [2.75, 3.05) is 33.5 Å². The maximum atomic E-state index is 13.1. The van der Waals surface area contributed by atoms with Crippen molar-refractivity contribution in [2.24, 2.45) is 0 Å². The highest BCUT2D eigenvalue weighted by molar-refractivity contribution is 5.91. The smallest absolute Gasteiger partial charge is 0.337 e. The molecular weight excluding hydrogens is 445 g/mol. The number of methoxy groups -OCH3 is 1. The summed E-state index contributed by atoms with van der Waals surface area (Å²) in [5, 5.41) is 11.6. The monoisotopic (exact) mass is 473 g/mol. The molecule has 0 aromatic heterocycles. The summed E-state index contributed by atoms with van der Waals surface area (Å²) in [6.45, 7) is 0.836. The number of hydrogen-bond acceptors (Lipinski definition) is 7. The van der Waals surface area contributed by atoms with Crippen LogP contribution in [0.1, 0.15) is 33.8 Å². The predicted molar refractivity (Wildman–Crippen MR) is 120 cm³/mol. The summed E-state index contributed by atoms with van der Waals surface area (Å²) in [4.78, 5) is 24.5. The Bertz CT molecular complexity index is 976. The number of benzene rings is 2. The first-order valence-electron chi connectivity index (χ1n) is 10.9. The Balaban J connectivity index is 1.70. The Hall–Kier alpha value is -3.27. The molecule has 0 bridgehead atoms. The van der Waals surface area contributed by atoms with Gasteiger partial charge < -0.3 is 29.4 Å². The zero-order valence-electron chi connectivity index (χ0n) is 18.9. The van der Waals surface area contributed by atoms with E-state index in [0.717, 1.165) is 11.1 Å². The van der Waals surface area contributed by atoms with Crippen LogP contribution in [0, 0.1) is 5.82 Å². The maximum absolute atomic E-state index is 13.1. The van der Waals surface area contributed by atoms with E-state index in [4.69, 9.17) is 24.1 Å². The van der Waals surface area contributed by atoms with Crippen LogP contribution in [0.25, 0.3) is 0 Å². The first-order chi connectivity index (χ1) is 16.5. The number of ether oxygens (including phenoxy) is 4. The van der Waals surface area contributed by atoms with Crippen LogP contribution in [-0.2, 0) is 30.3 Å². The van der Waals surface area contributed by atoms with Crippen LogP contribution in [0.3, 0.4) is 0 Å². The number of aliphatic hydroxyl groups is 1. The standard InChI is InChI=1S/C25H28FNO7/c1-31-25(30)19-6-4-18(5-7-19)20-14-22(34-23(15-20)33-13-12-32-11-10-28)24(29)27-16-17-2-8-21(26)9-3-17/h2-9,14,20,23,28H,10-13,15-16H2,1H3,(H,27,29)/t20-,23+/m0/s1. The van der Waals surface area contributed by atoms with Crippen molar-refractivity contribution in [2.45, 2.75) is 25.2 Å². The van der Waals surface area contributed by atoms with Gasteiger partial charge in [0.2, 0.25) is 6.29 Å². The first-order valence-corrected chi connectivity index (χ1v) is 10.9. The summed E-state index contributed by atoms with van der Waals surface area (Å²) in [7, 11) is 1.32. The van der Waals surface area contributed by atoms with Crippen LogP contribution < -0.4 is 5.32 Å². The SMILES string of the molecule is COC(=O)c1ccc([C@H]2C=C(C(=O)NCc3ccc(F)cc3)O[C@@H](OCCOCCO)C2)cc1. The van der Waals surface area contributed by atoms with Crippen LogP contribution in [0.2, 0.25) is 0 Å². The molecule has 0 fully saturated rings. The van der Waals surface area contributed by atoms with Gasteiger partial charge in [-0.1, -0.05) is 24.3 Å². The molecule has 8 nitrogen and oxygen atoms in total. The lowest BCUT2D eigenvalue weighted by Gasteiger charge is -2.29. The number of rotatable bonds is 11. The molecule has 2 aromatic rings. The van der Waals surface area contributed by atoms with Crippen molar-refractivity contribution in [3.63, 3.8) is 0 Å². The molecule has 9 heteroatoms. The van der Waals surface area contributed by atoms with Crippen molar-refractivity contribution in [1.82, 2.24) is 5.32 Å². The second-order valence-corrected chi connectivity index (χ2v) is 7.55.